The highest BCUT2D eigenvalue weighted by Gasteiger charge is 2.26. The number of likely N-dealkylation sites (N-methyl/N-ethyl adjacent to an activating group) is 1. The van der Waals surface area contributed by atoms with Gasteiger partial charge in [0.1, 0.15) is 6.04 Å². The molecule has 0 bridgehead atoms. The van der Waals surface area contributed by atoms with Gasteiger partial charge in [-0.2, -0.15) is 0 Å². The third kappa shape index (κ3) is 5.73. The number of thiazole rings is 1. The normalized spacial score (nSPS) is 13.5. The molecular weight excluding hydrogens is 286 g/mol. The van der Waals surface area contributed by atoms with Crippen molar-refractivity contribution in [2.75, 3.05) is 33.8 Å². The lowest BCUT2D eigenvalue weighted by molar-refractivity contribution is -0.146. The number of carbonyl (C=O) groups excluding carboxylic acids is 1. The number of carbonyl (C=O) groups is 1. The molecule has 5 nitrogen and oxygen atoms in total. The Bertz CT molecular complexity index is 452. The summed E-state index contributed by atoms with van der Waals surface area (Å²) in [5.41, 5.74) is 0.744. The molecule has 1 heterocycles. The number of esters is 1. The molecule has 1 aromatic heterocycles. The first kappa shape index (κ1) is 18.1. The molecule has 0 amide bonds. The first-order valence-corrected chi connectivity index (χ1v) is 8.14. The fourth-order valence-electron chi connectivity index (χ4n) is 1.73. The molecule has 1 aromatic rings. The monoisotopic (exact) mass is 313 g/mol. The molecule has 1 atom stereocenters. The van der Waals surface area contributed by atoms with Crippen molar-refractivity contribution >= 4 is 17.3 Å². The molecule has 120 valence electrons. The summed E-state index contributed by atoms with van der Waals surface area (Å²) < 4.78 is 5.16. The molecule has 0 radical (unpaired) electrons. The Labute approximate surface area is 131 Å². The number of ether oxygens (including phenoxy) is 1. The Hall–Kier alpha value is -0.980. The van der Waals surface area contributed by atoms with Gasteiger partial charge < -0.3 is 9.64 Å². The van der Waals surface area contributed by atoms with Crippen molar-refractivity contribution in [1.82, 2.24) is 15.2 Å². The highest BCUT2D eigenvalue weighted by molar-refractivity contribution is 7.09. The number of hydrogen-bond donors (Lipinski definition) is 1. The molecule has 21 heavy (non-hydrogen) atoms. The molecule has 1 unspecified atom stereocenters. The van der Waals surface area contributed by atoms with E-state index in [2.05, 4.69) is 36.0 Å². The van der Waals surface area contributed by atoms with E-state index in [1.54, 1.807) is 11.3 Å². The quantitative estimate of drug-likeness (QED) is 0.782. The van der Waals surface area contributed by atoms with Gasteiger partial charge in [-0.1, -0.05) is 20.8 Å². The van der Waals surface area contributed by atoms with Crippen molar-refractivity contribution in [2.45, 2.75) is 39.2 Å². The maximum atomic E-state index is 12.1. The van der Waals surface area contributed by atoms with E-state index in [0.717, 1.165) is 17.2 Å². The topological polar surface area (TPSA) is 54.5 Å². The SMILES string of the molecule is CCOC(=O)C(NCCN(C)C)c1csc(C(C)(C)C)n1. The number of aromatic nitrogens is 1. The molecular formula is C15H27N3O2S. The van der Waals surface area contributed by atoms with Gasteiger partial charge in [-0.05, 0) is 21.0 Å². The zero-order valence-electron chi connectivity index (χ0n) is 13.9. The minimum Gasteiger partial charge on any atom is -0.465 e. The smallest absolute Gasteiger partial charge is 0.329 e. The number of nitrogens with zero attached hydrogens (tertiary/aromatic N) is 2. The maximum Gasteiger partial charge on any atom is 0.329 e. The minimum atomic E-state index is -0.489. The zero-order chi connectivity index (χ0) is 16.0. The van der Waals surface area contributed by atoms with E-state index in [9.17, 15) is 4.79 Å². The van der Waals surface area contributed by atoms with E-state index in [-0.39, 0.29) is 11.4 Å². The van der Waals surface area contributed by atoms with Crippen molar-refractivity contribution in [3.05, 3.63) is 16.1 Å². The van der Waals surface area contributed by atoms with Crippen LogP contribution in [0.25, 0.3) is 0 Å². The summed E-state index contributed by atoms with van der Waals surface area (Å²) in [7, 11) is 4.00. The van der Waals surface area contributed by atoms with Crippen LogP contribution in [-0.4, -0.2) is 49.6 Å². The molecule has 0 fully saturated rings. The van der Waals surface area contributed by atoms with Crippen molar-refractivity contribution in [2.24, 2.45) is 0 Å². The second kappa shape index (κ2) is 7.87. The van der Waals surface area contributed by atoms with E-state index >= 15 is 0 Å². The lowest BCUT2D eigenvalue weighted by atomic mass is 9.98. The van der Waals surface area contributed by atoms with Crippen LogP contribution in [0.2, 0.25) is 0 Å². The highest BCUT2D eigenvalue weighted by Crippen LogP contribution is 2.28. The van der Waals surface area contributed by atoms with Crippen LogP contribution in [0, 0.1) is 0 Å². The van der Waals surface area contributed by atoms with Crippen LogP contribution in [0.5, 0.6) is 0 Å². The van der Waals surface area contributed by atoms with Gasteiger partial charge in [0.2, 0.25) is 0 Å². The minimum absolute atomic E-state index is 0.00817. The first-order chi connectivity index (χ1) is 9.75. The lowest BCUT2D eigenvalue weighted by Gasteiger charge is -2.18. The van der Waals surface area contributed by atoms with Gasteiger partial charge in [-0.15, -0.1) is 11.3 Å². The highest BCUT2D eigenvalue weighted by atomic mass is 32.1. The summed E-state index contributed by atoms with van der Waals surface area (Å²) in [6.07, 6.45) is 0. The van der Waals surface area contributed by atoms with Crippen LogP contribution in [0.3, 0.4) is 0 Å². The molecule has 0 saturated heterocycles. The first-order valence-electron chi connectivity index (χ1n) is 7.26. The van der Waals surface area contributed by atoms with Crippen molar-refractivity contribution in [1.29, 1.82) is 0 Å². The predicted molar refractivity (Wildman–Crippen MR) is 86.7 cm³/mol. The molecule has 0 spiro atoms. The molecule has 0 aliphatic heterocycles. The molecule has 1 N–H and O–H groups in total. The molecule has 0 saturated carbocycles. The molecule has 0 aromatic carbocycles. The van der Waals surface area contributed by atoms with Crippen LogP contribution < -0.4 is 5.32 Å². The van der Waals surface area contributed by atoms with E-state index in [1.165, 1.54) is 0 Å². The van der Waals surface area contributed by atoms with Gasteiger partial charge in [0.15, 0.2) is 0 Å². The molecule has 0 aliphatic rings. The van der Waals surface area contributed by atoms with E-state index in [1.807, 2.05) is 26.4 Å². The van der Waals surface area contributed by atoms with Crippen LogP contribution >= 0.6 is 11.3 Å². The van der Waals surface area contributed by atoms with Gasteiger partial charge in [0.05, 0.1) is 17.3 Å². The largest absolute Gasteiger partial charge is 0.465 e. The van der Waals surface area contributed by atoms with Gasteiger partial charge in [0.25, 0.3) is 0 Å². The lowest BCUT2D eigenvalue weighted by Crippen LogP contribution is -2.35. The Morgan fingerprint density at radius 1 is 1.48 bits per heavy atom. The van der Waals surface area contributed by atoms with Crippen molar-refractivity contribution in [3.63, 3.8) is 0 Å². The molecule has 6 heteroatoms. The standard InChI is InChI=1S/C15H27N3O2S/c1-7-20-13(19)12(16-8-9-18(5)6)11-10-21-14(17-11)15(2,3)4/h10,12,16H,7-9H2,1-6H3. The Kier molecular flexibility index (Phi) is 6.77. The summed E-state index contributed by atoms with van der Waals surface area (Å²) >= 11 is 1.59. The summed E-state index contributed by atoms with van der Waals surface area (Å²) in [5, 5.41) is 6.22. The second-order valence-electron chi connectivity index (χ2n) is 6.27. The summed E-state index contributed by atoms with van der Waals surface area (Å²) in [6.45, 7) is 10.1. The fourth-order valence-corrected chi connectivity index (χ4v) is 2.66. The van der Waals surface area contributed by atoms with Crippen LogP contribution in [0.15, 0.2) is 5.38 Å². The number of hydrogen-bond acceptors (Lipinski definition) is 6. The van der Waals surface area contributed by atoms with Gasteiger partial charge >= 0.3 is 5.97 Å². The van der Waals surface area contributed by atoms with Gasteiger partial charge in [0, 0.05) is 23.9 Å². The zero-order valence-corrected chi connectivity index (χ0v) is 14.7. The average Bonchev–Trinajstić information content (AvgIpc) is 2.83. The predicted octanol–water partition coefficient (Wildman–Crippen LogP) is 2.20. The average molecular weight is 313 g/mol. The third-order valence-electron chi connectivity index (χ3n) is 2.89. The van der Waals surface area contributed by atoms with Crippen LogP contribution in [-0.2, 0) is 14.9 Å². The van der Waals surface area contributed by atoms with Crippen molar-refractivity contribution < 1.29 is 9.53 Å². The number of nitrogens with one attached hydrogen (secondary N) is 1. The van der Waals surface area contributed by atoms with E-state index in [4.69, 9.17) is 4.74 Å². The summed E-state index contributed by atoms with van der Waals surface area (Å²) in [6, 6.07) is -0.489. The van der Waals surface area contributed by atoms with Crippen LogP contribution in [0.1, 0.15) is 44.4 Å². The van der Waals surface area contributed by atoms with Gasteiger partial charge in [-0.25, -0.2) is 9.78 Å². The summed E-state index contributed by atoms with van der Waals surface area (Å²) in [4.78, 5) is 18.8. The maximum absolute atomic E-state index is 12.1. The molecule has 0 aliphatic carbocycles. The Morgan fingerprint density at radius 2 is 2.14 bits per heavy atom. The Morgan fingerprint density at radius 3 is 2.62 bits per heavy atom. The third-order valence-corrected chi connectivity index (χ3v) is 4.18. The Balaban J connectivity index is 2.84. The second-order valence-corrected chi connectivity index (χ2v) is 7.13. The van der Waals surface area contributed by atoms with E-state index in [0.29, 0.717) is 13.2 Å². The molecule has 1 rings (SSSR count). The van der Waals surface area contributed by atoms with Crippen molar-refractivity contribution in [3.8, 4) is 0 Å². The van der Waals surface area contributed by atoms with E-state index < -0.39 is 6.04 Å². The summed E-state index contributed by atoms with van der Waals surface area (Å²) in [5.74, 6) is -0.262. The van der Waals surface area contributed by atoms with Gasteiger partial charge in [-0.3, -0.25) is 5.32 Å². The fraction of sp³-hybridized carbons (Fsp3) is 0.733. The van der Waals surface area contributed by atoms with Crippen LogP contribution in [0.4, 0.5) is 0 Å². The number of rotatable bonds is 7.